The van der Waals surface area contributed by atoms with E-state index in [4.69, 9.17) is 16.2 Å². The first kappa shape index (κ1) is 10.2. The van der Waals surface area contributed by atoms with Crippen molar-refractivity contribution in [1.29, 1.82) is 0 Å². The number of nitrogen functional groups attached to an aromatic ring is 1. The normalized spacial score (nSPS) is 9.50. The Balaban J connectivity index is 2.73. The van der Waals surface area contributed by atoms with E-state index in [9.17, 15) is 4.79 Å². The first-order valence-electron chi connectivity index (χ1n) is 4.09. The van der Waals surface area contributed by atoms with Crippen LogP contribution in [0.15, 0.2) is 18.2 Å². The van der Waals surface area contributed by atoms with Crippen LogP contribution in [-0.4, -0.2) is 19.6 Å². The molecule has 0 aliphatic heterocycles. The maximum atomic E-state index is 10.5. The number of hydrogen-bond donors (Lipinski definition) is 3. The minimum absolute atomic E-state index is 0.0660. The van der Waals surface area contributed by atoms with Gasteiger partial charge in [-0.15, -0.1) is 0 Å². The number of carbonyl (C=O) groups excluding carboxylic acids is 1. The number of nitrogens with one attached hydrogen (secondary N) is 1. The van der Waals surface area contributed by atoms with E-state index in [0.717, 1.165) is 0 Å². The fourth-order valence-corrected chi connectivity index (χ4v) is 1.01. The third-order valence-corrected chi connectivity index (χ3v) is 1.71. The number of ether oxygens (including phenoxy) is 1. The summed E-state index contributed by atoms with van der Waals surface area (Å²) in [6.07, 6.45) is 0. The van der Waals surface area contributed by atoms with Crippen LogP contribution in [0, 0.1) is 0 Å². The number of rotatable bonds is 4. The predicted molar refractivity (Wildman–Crippen MR) is 55.1 cm³/mol. The van der Waals surface area contributed by atoms with E-state index in [1.807, 2.05) is 0 Å². The van der Waals surface area contributed by atoms with Gasteiger partial charge in [0.25, 0.3) is 0 Å². The average molecular weight is 195 g/mol. The maximum Gasteiger partial charge on any atom is 0.236 e. The lowest BCUT2D eigenvalue weighted by Gasteiger charge is -2.08. The van der Waals surface area contributed by atoms with Gasteiger partial charge in [0.15, 0.2) is 0 Å². The van der Waals surface area contributed by atoms with Gasteiger partial charge in [0.05, 0.1) is 25.0 Å². The van der Waals surface area contributed by atoms with Gasteiger partial charge in [0.1, 0.15) is 5.75 Å². The first-order valence-corrected chi connectivity index (χ1v) is 4.09. The van der Waals surface area contributed by atoms with Gasteiger partial charge in [0.2, 0.25) is 5.91 Å². The SMILES string of the molecule is COc1ccc(NCC(N)=O)c(N)c1. The van der Waals surface area contributed by atoms with Crippen molar-refractivity contribution < 1.29 is 9.53 Å². The van der Waals surface area contributed by atoms with Crippen molar-refractivity contribution in [3.05, 3.63) is 18.2 Å². The zero-order valence-corrected chi connectivity index (χ0v) is 7.91. The van der Waals surface area contributed by atoms with Crippen molar-refractivity contribution in [3.8, 4) is 5.75 Å². The number of anilines is 2. The molecule has 1 aromatic rings. The van der Waals surface area contributed by atoms with Gasteiger partial charge in [-0.25, -0.2) is 0 Å². The highest BCUT2D eigenvalue weighted by Gasteiger charge is 2.01. The summed E-state index contributed by atoms with van der Waals surface area (Å²) >= 11 is 0. The summed E-state index contributed by atoms with van der Waals surface area (Å²) in [4.78, 5) is 10.5. The third-order valence-electron chi connectivity index (χ3n) is 1.71. The number of hydrogen-bond acceptors (Lipinski definition) is 4. The molecule has 5 nitrogen and oxygen atoms in total. The van der Waals surface area contributed by atoms with Gasteiger partial charge in [-0.05, 0) is 12.1 Å². The van der Waals surface area contributed by atoms with Gasteiger partial charge in [-0.3, -0.25) is 4.79 Å². The fourth-order valence-electron chi connectivity index (χ4n) is 1.01. The van der Waals surface area contributed by atoms with Crippen LogP contribution in [-0.2, 0) is 4.79 Å². The molecule has 0 spiro atoms. The van der Waals surface area contributed by atoms with Crippen molar-refractivity contribution in [2.75, 3.05) is 24.7 Å². The Bertz CT molecular complexity index is 339. The summed E-state index contributed by atoms with van der Waals surface area (Å²) in [7, 11) is 1.56. The largest absolute Gasteiger partial charge is 0.497 e. The van der Waals surface area contributed by atoms with Crippen LogP contribution in [0.1, 0.15) is 0 Å². The number of methoxy groups -OCH3 is 1. The Morgan fingerprint density at radius 1 is 1.57 bits per heavy atom. The fraction of sp³-hybridized carbons (Fsp3) is 0.222. The molecule has 0 atom stereocenters. The molecule has 1 aromatic carbocycles. The lowest BCUT2D eigenvalue weighted by atomic mass is 10.2. The second kappa shape index (κ2) is 4.36. The van der Waals surface area contributed by atoms with E-state index in [1.54, 1.807) is 25.3 Å². The number of benzene rings is 1. The highest BCUT2D eigenvalue weighted by atomic mass is 16.5. The Hall–Kier alpha value is -1.91. The van der Waals surface area contributed by atoms with Crippen molar-refractivity contribution in [2.24, 2.45) is 5.73 Å². The minimum atomic E-state index is -0.430. The molecule has 0 unspecified atom stereocenters. The van der Waals surface area contributed by atoms with Gasteiger partial charge in [-0.1, -0.05) is 0 Å². The summed E-state index contributed by atoms with van der Waals surface area (Å²) in [6.45, 7) is 0.0660. The monoisotopic (exact) mass is 195 g/mol. The zero-order chi connectivity index (χ0) is 10.6. The van der Waals surface area contributed by atoms with Gasteiger partial charge in [0, 0.05) is 6.07 Å². The second-order valence-electron chi connectivity index (χ2n) is 2.77. The van der Waals surface area contributed by atoms with Gasteiger partial charge >= 0.3 is 0 Å². The number of amides is 1. The number of carbonyl (C=O) groups is 1. The van der Waals surface area contributed by atoms with Crippen LogP contribution in [0.2, 0.25) is 0 Å². The van der Waals surface area contributed by atoms with Crippen molar-refractivity contribution in [3.63, 3.8) is 0 Å². The minimum Gasteiger partial charge on any atom is -0.497 e. The molecule has 76 valence electrons. The summed E-state index contributed by atoms with van der Waals surface area (Å²) < 4.78 is 4.98. The van der Waals surface area contributed by atoms with Crippen LogP contribution in [0.25, 0.3) is 0 Å². The first-order chi connectivity index (χ1) is 6.63. The van der Waals surface area contributed by atoms with Crippen molar-refractivity contribution in [2.45, 2.75) is 0 Å². The maximum absolute atomic E-state index is 10.5. The van der Waals surface area contributed by atoms with Crippen LogP contribution >= 0.6 is 0 Å². The van der Waals surface area contributed by atoms with Gasteiger partial charge in [-0.2, -0.15) is 0 Å². The Morgan fingerprint density at radius 3 is 2.79 bits per heavy atom. The van der Waals surface area contributed by atoms with Gasteiger partial charge < -0.3 is 21.5 Å². The molecule has 0 aliphatic carbocycles. The van der Waals surface area contributed by atoms with E-state index in [1.165, 1.54) is 0 Å². The molecule has 5 heteroatoms. The highest BCUT2D eigenvalue weighted by molar-refractivity contribution is 5.80. The van der Waals surface area contributed by atoms with Crippen molar-refractivity contribution >= 4 is 17.3 Å². The molecule has 0 heterocycles. The molecule has 0 saturated heterocycles. The molecule has 0 saturated carbocycles. The number of nitrogens with two attached hydrogens (primary N) is 2. The molecule has 0 bridgehead atoms. The molecule has 0 radical (unpaired) electrons. The molecule has 1 amide bonds. The Morgan fingerprint density at radius 2 is 2.29 bits per heavy atom. The van der Waals surface area contributed by atoms with Crippen LogP contribution in [0.5, 0.6) is 5.75 Å². The Labute approximate surface area is 82.0 Å². The molecule has 1 rings (SSSR count). The second-order valence-corrected chi connectivity index (χ2v) is 2.77. The van der Waals surface area contributed by atoms with E-state index in [2.05, 4.69) is 5.32 Å². The Kier molecular flexibility index (Phi) is 3.17. The summed E-state index contributed by atoms with van der Waals surface area (Å²) in [5.41, 5.74) is 11.9. The highest BCUT2D eigenvalue weighted by Crippen LogP contribution is 2.23. The van der Waals surface area contributed by atoms with E-state index >= 15 is 0 Å². The predicted octanol–water partition coefficient (Wildman–Crippen LogP) is 0.175. The lowest BCUT2D eigenvalue weighted by Crippen LogP contribution is -2.22. The lowest BCUT2D eigenvalue weighted by molar-refractivity contribution is -0.116. The van der Waals surface area contributed by atoms with E-state index < -0.39 is 5.91 Å². The summed E-state index contributed by atoms with van der Waals surface area (Å²) in [6, 6.07) is 5.15. The van der Waals surface area contributed by atoms with Crippen LogP contribution in [0.3, 0.4) is 0 Å². The molecule has 0 aliphatic rings. The van der Waals surface area contributed by atoms with E-state index in [0.29, 0.717) is 17.1 Å². The smallest absolute Gasteiger partial charge is 0.236 e. The molecule has 0 fully saturated rings. The van der Waals surface area contributed by atoms with E-state index in [-0.39, 0.29) is 6.54 Å². The van der Waals surface area contributed by atoms with Crippen LogP contribution < -0.4 is 21.5 Å². The zero-order valence-electron chi connectivity index (χ0n) is 7.91. The molecule has 0 aromatic heterocycles. The standard InChI is InChI=1S/C9H13N3O2/c1-14-6-2-3-8(7(10)4-6)12-5-9(11)13/h2-4,12H,5,10H2,1H3,(H2,11,13). The molecular formula is C9H13N3O2. The third kappa shape index (κ3) is 2.55. The average Bonchev–Trinajstić information content (AvgIpc) is 2.15. The number of primary amides is 1. The molecular weight excluding hydrogens is 182 g/mol. The topological polar surface area (TPSA) is 90.4 Å². The quantitative estimate of drug-likeness (QED) is 0.597. The summed E-state index contributed by atoms with van der Waals surface area (Å²) in [5, 5.41) is 2.81. The molecule has 14 heavy (non-hydrogen) atoms. The summed E-state index contributed by atoms with van der Waals surface area (Å²) in [5.74, 6) is 0.243. The van der Waals surface area contributed by atoms with Crippen LogP contribution in [0.4, 0.5) is 11.4 Å². The van der Waals surface area contributed by atoms with Crippen molar-refractivity contribution in [1.82, 2.24) is 0 Å². The molecule has 5 N–H and O–H groups in total.